The molecule has 0 aromatic carbocycles. The van der Waals surface area contributed by atoms with Crippen molar-refractivity contribution in [2.24, 2.45) is 0 Å². The van der Waals surface area contributed by atoms with Crippen molar-refractivity contribution in [1.82, 2.24) is 14.7 Å². The van der Waals surface area contributed by atoms with E-state index in [0.717, 1.165) is 123 Å². The average Bonchev–Trinajstić information content (AvgIpc) is 3.38. The molecule has 0 aromatic rings. The fourth-order valence-corrected chi connectivity index (χ4v) is 10.9. The molecule has 0 radical (unpaired) electrons. The van der Waals surface area contributed by atoms with Crippen molar-refractivity contribution in [2.75, 3.05) is 52.4 Å². The SMILES string of the molecule is CCCCCCCCCCCCN(CCCCCCCCCCCC)C(=O)CCCCCN(CCCCCCO)CCCCCC(=O)N(CCCCCCCCCCCC)CCCCCCCCCCCC. The molecule has 0 saturated carbocycles. The van der Waals surface area contributed by atoms with Gasteiger partial charge in [0.05, 0.1) is 0 Å². The highest BCUT2D eigenvalue weighted by Crippen LogP contribution is 2.18. The summed E-state index contributed by atoms with van der Waals surface area (Å²) < 4.78 is 0. The minimum atomic E-state index is 0.299. The summed E-state index contributed by atoms with van der Waals surface area (Å²) in [6, 6.07) is 0. The molecule has 1 N–H and O–H groups in total. The Kier molecular flexibility index (Phi) is 59.8. The molecule has 0 heterocycles. The van der Waals surface area contributed by atoms with Crippen molar-refractivity contribution in [3.05, 3.63) is 0 Å². The highest BCUT2D eigenvalue weighted by Gasteiger charge is 2.15. The number of unbranched alkanes of at least 4 members (excludes halogenated alkanes) is 43. The lowest BCUT2D eigenvalue weighted by Gasteiger charge is -2.24. The summed E-state index contributed by atoms with van der Waals surface area (Å²) in [5.41, 5.74) is 0. The van der Waals surface area contributed by atoms with E-state index in [9.17, 15) is 14.7 Å². The van der Waals surface area contributed by atoms with Gasteiger partial charge < -0.3 is 19.8 Å². The Bertz CT molecular complexity index is 933. The molecule has 0 bridgehead atoms. The van der Waals surface area contributed by atoms with Crippen LogP contribution in [-0.2, 0) is 9.59 Å². The van der Waals surface area contributed by atoms with Crippen LogP contribution in [0.15, 0.2) is 0 Å². The summed E-state index contributed by atoms with van der Waals surface area (Å²) in [6.07, 6.45) is 66.0. The molecule has 430 valence electrons. The standard InChI is InChI=1S/C66H133N3O3/c1-5-9-13-17-21-25-29-33-37-50-60-68(61-51-38-34-30-26-22-18-14-10-6-2)65(71)55-45-43-48-58-67(57-47-41-42-54-64-70)59-49-44-46-56-66(72)69(62-52-39-35-31-27-23-19-15-11-7-3)63-53-40-36-32-28-24-20-16-12-8-4/h70H,5-64H2,1-4H3. The third-order valence-corrected chi connectivity index (χ3v) is 15.9. The number of hydrogen-bond donors (Lipinski definition) is 1. The average molecular weight is 1020 g/mol. The van der Waals surface area contributed by atoms with E-state index in [1.54, 1.807) is 0 Å². The van der Waals surface area contributed by atoms with Gasteiger partial charge in [-0.25, -0.2) is 0 Å². The van der Waals surface area contributed by atoms with Gasteiger partial charge in [0.2, 0.25) is 11.8 Å². The Morgan fingerprint density at radius 1 is 0.236 bits per heavy atom. The molecular weight excluding hydrogens is 883 g/mol. The summed E-state index contributed by atoms with van der Waals surface area (Å²) >= 11 is 0. The maximum absolute atomic E-state index is 13.7. The molecular formula is C66H133N3O3. The number of carbonyl (C=O) groups excluding carboxylic acids is 2. The van der Waals surface area contributed by atoms with E-state index in [1.165, 1.54) is 244 Å². The predicted molar refractivity (Wildman–Crippen MR) is 319 cm³/mol. The Morgan fingerprint density at radius 3 is 0.639 bits per heavy atom. The molecule has 0 rings (SSSR count). The van der Waals surface area contributed by atoms with Gasteiger partial charge in [-0.2, -0.15) is 0 Å². The normalized spacial score (nSPS) is 11.6. The molecule has 6 heteroatoms. The minimum Gasteiger partial charge on any atom is -0.396 e. The second-order valence-corrected chi connectivity index (χ2v) is 23.1. The van der Waals surface area contributed by atoms with Crippen molar-refractivity contribution in [3.63, 3.8) is 0 Å². The highest BCUT2D eigenvalue weighted by molar-refractivity contribution is 5.76. The first-order valence-electron chi connectivity index (χ1n) is 33.4. The van der Waals surface area contributed by atoms with Crippen molar-refractivity contribution < 1.29 is 14.7 Å². The molecule has 0 aliphatic carbocycles. The quantitative estimate of drug-likeness (QED) is 0.0617. The first-order chi connectivity index (χ1) is 35.5. The third-order valence-electron chi connectivity index (χ3n) is 15.9. The number of hydrogen-bond acceptors (Lipinski definition) is 4. The number of carbonyl (C=O) groups is 2. The van der Waals surface area contributed by atoms with E-state index in [0.29, 0.717) is 31.3 Å². The second-order valence-electron chi connectivity index (χ2n) is 23.1. The molecule has 0 aliphatic rings. The summed E-state index contributed by atoms with van der Waals surface area (Å²) in [5, 5.41) is 9.33. The van der Waals surface area contributed by atoms with Crippen LogP contribution < -0.4 is 0 Å². The first kappa shape index (κ1) is 70.9. The molecule has 0 aromatic heterocycles. The van der Waals surface area contributed by atoms with Gasteiger partial charge in [0.15, 0.2) is 0 Å². The summed E-state index contributed by atoms with van der Waals surface area (Å²) in [5.74, 6) is 0.811. The van der Waals surface area contributed by atoms with E-state index in [-0.39, 0.29) is 0 Å². The Balaban J connectivity index is 4.95. The van der Waals surface area contributed by atoms with Crippen LogP contribution in [0.2, 0.25) is 0 Å². The number of nitrogens with zero attached hydrogens (tertiary/aromatic N) is 3. The van der Waals surface area contributed by atoms with Crippen LogP contribution >= 0.6 is 0 Å². The van der Waals surface area contributed by atoms with E-state index in [4.69, 9.17) is 0 Å². The van der Waals surface area contributed by atoms with Gasteiger partial charge in [-0.3, -0.25) is 9.59 Å². The van der Waals surface area contributed by atoms with Crippen molar-refractivity contribution in [3.8, 4) is 0 Å². The molecule has 0 fully saturated rings. The van der Waals surface area contributed by atoms with Gasteiger partial charge in [-0.05, 0) is 83.8 Å². The van der Waals surface area contributed by atoms with E-state index >= 15 is 0 Å². The summed E-state index contributed by atoms with van der Waals surface area (Å²) in [7, 11) is 0. The van der Waals surface area contributed by atoms with Crippen LogP contribution in [0.25, 0.3) is 0 Å². The maximum atomic E-state index is 13.7. The molecule has 0 aliphatic heterocycles. The van der Waals surface area contributed by atoms with E-state index in [2.05, 4.69) is 42.4 Å². The second kappa shape index (κ2) is 60.7. The van der Waals surface area contributed by atoms with Crippen molar-refractivity contribution in [1.29, 1.82) is 0 Å². The number of aliphatic hydroxyl groups excluding tert-OH is 1. The number of amides is 2. The molecule has 2 amide bonds. The van der Waals surface area contributed by atoms with Crippen molar-refractivity contribution >= 4 is 11.8 Å². The zero-order chi connectivity index (χ0) is 52.3. The number of rotatable bonds is 62. The largest absolute Gasteiger partial charge is 0.396 e. The van der Waals surface area contributed by atoms with Crippen molar-refractivity contribution in [2.45, 2.75) is 362 Å². The zero-order valence-corrected chi connectivity index (χ0v) is 50.0. The molecule has 6 nitrogen and oxygen atoms in total. The fourth-order valence-electron chi connectivity index (χ4n) is 10.9. The van der Waals surface area contributed by atoms with Gasteiger partial charge in [-0.1, -0.05) is 285 Å². The highest BCUT2D eigenvalue weighted by atomic mass is 16.3. The predicted octanol–water partition coefficient (Wildman–Crippen LogP) is 20.3. The first-order valence-corrected chi connectivity index (χ1v) is 33.4. The summed E-state index contributed by atoms with van der Waals surface area (Å²) in [4.78, 5) is 34.6. The van der Waals surface area contributed by atoms with Crippen LogP contribution in [-0.4, -0.2) is 84.0 Å². The van der Waals surface area contributed by atoms with Crippen LogP contribution in [0.3, 0.4) is 0 Å². The third kappa shape index (κ3) is 52.3. The van der Waals surface area contributed by atoms with Gasteiger partial charge in [0, 0.05) is 45.6 Å². The zero-order valence-electron chi connectivity index (χ0n) is 50.0. The molecule has 0 spiro atoms. The lowest BCUT2D eigenvalue weighted by molar-refractivity contribution is -0.132. The molecule has 0 unspecified atom stereocenters. The lowest BCUT2D eigenvalue weighted by atomic mass is 10.1. The Labute approximate surface area is 453 Å². The van der Waals surface area contributed by atoms with Gasteiger partial charge in [0.25, 0.3) is 0 Å². The monoisotopic (exact) mass is 1020 g/mol. The molecule has 72 heavy (non-hydrogen) atoms. The molecule has 0 atom stereocenters. The fraction of sp³-hybridized carbons (Fsp3) is 0.970. The van der Waals surface area contributed by atoms with Crippen LogP contribution in [0.1, 0.15) is 362 Å². The van der Waals surface area contributed by atoms with Crippen LogP contribution in [0, 0.1) is 0 Å². The minimum absolute atomic E-state index is 0.299. The van der Waals surface area contributed by atoms with E-state index < -0.39 is 0 Å². The van der Waals surface area contributed by atoms with Gasteiger partial charge in [0.1, 0.15) is 0 Å². The maximum Gasteiger partial charge on any atom is 0.222 e. The topological polar surface area (TPSA) is 64.1 Å². The summed E-state index contributed by atoms with van der Waals surface area (Å²) in [6.45, 7) is 16.7. The van der Waals surface area contributed by atoms with Crippen LogP contribution in [0.5, 0.6) is 0 Å². The molecule has 0 saturated heterocycles. The van der Waals surface area contributed by atoms with Gasteiger partial charge >= 0.3 is 0 Å². The Morgan fingerprint density at radius 2 is 0.417 bits per heavy atom. The smallest absolute Gasteiger partial charge is 0.222 e. The van der Waals surface area contributed by atoms with Crippen LogP contribution in [0.4, 0.5) is 0 Å². The lowest BCUT2D eigenvalue weighted by Crippen LogP contribution is -2.33. The number of aliphatic hydroxyl groups is 1. The van der Waals surface area contributed by atoms with Gasteiger partial charge in [-0.15, -0.1) is 0 Å². The van der Waals surface area contributed by atoms with E-state index in [1.807, 2.05) is 0 Å². The Hall–Kier alpha value is -1.14.